The van der Waals surface area contributed by atoms with Crippen LogP contribution in [0.15, 0.2) is 24.5 Å². The zero-order valence-corrected chi connectivity index (χ0v) is 9.26. The van der Waals surface area contributed by atoms with Gasteiger partial charge in [-0.3, -0.25) is 15.2 Å². The van der Waals surface area contributed by atoms with Crippen LogP contribution in [0.4, 0.5) is 15.8 Å². The Morgan fingerprint density at radius 1 is 1.50 bits per heavy atom. The Labute approximate surface area is 101 Å². The molecule has 0 aliphatic carbocycles. The van der Waals surface area contributed by atoms with Gasteiger partial charge in [0.15, 0.2) is 0 Å². The zero-order chi connectivity index (χ0) is 13.0. The topological polar surface area (TPSA) is 96.7 Å². The zero-order valence-electron chi connectivity index (χ0n) is 9.26. The number of hydrogen-bond donors (Lipinski definition) is 2. The Bertz CT molecular complexity index is 543. The first kappa shape index (κ1) is 12.0. The molecule has 94 valence electrons. The lowest BCUT2D eigenvalue weighted by Crippen LogP contribution is -2.08. The van der Waals surface area contributed by atoms with Crippen molar-refractivity contribution < 1.29 is 9.31 Å². The summed E-state index contributed by atoms with van der Waals surface area (Å²) in [5.41, 5.74) is -0.00603. The van der Waals surface area contributed by atoms with Gasteiger partial charge < -0.3 is 5.32 Å². The molecule has 0 bridgehead atoms. The molecule has 1 aromatic carbocycles. The molecule has 8 heteroatoms. The van der Waals surface area contributed by atoms with Crippen molar-refractivity contribution in [1.29, 1.82) is 0 Å². The van der Waals surface area contributed by atoms with E-state index in [0.29, 0.717) is 18.8 Å². The van der Waals surface area contributed by atoms with E-state index in [1.807, 2.05) is 0 Å². The monoisotopic (exact) mass is 251 g/mol. The van der Waals surface area contributed by atoms with Crippen molar-refractivity contribution in [2.45, 2.75) is 6.42 Å². The van der Waals surface area contributed by atoms with E-state index in [4.69, 9.17) is 0 Å². The highest BCUT2D eigenvalue weighted by molar-refractivity contribution is 5.61. The van der Waals surface area contributed by atoms with Crippen LogP contribution in [0.2, 0.25) is 0 Å². The number of nitrogens with one attached hydrogen (secondary N) is 2. The van der Waals surface area contributed by atoms with Crippen LogP contribution < -0.4 is 5.32 Å². The van der Waals surface area contributed by atoms with E-state index in [1.165, 1.54) is 18.5 Å². The molecule has 0 aliphatic heterocycles. The molecule has 0 amide bonds. The van der Waals surface area contributed by atoms with Gasteiger partial charge in [0, 0.05) is 13.0 Å². The highest BCUT2D eigenvalue weighted by atomic mass is 19.1. The van der Waals surface area contributed by atoms with Gasteiger partial charge in [-0.1, -0.05) is 0 Å². The van der Waals surface area contributed by atoms with Gasteiger partial charge in [-0.15, -0.1) is 0 Å². The third-order valence-electron chi connectivity index (χ3n) is 2.30. The van der Waals surface area contributed by atoms with E-state index in [1.54, 1.807) is 0 Å². The molecule has 18 heavy (non-hydrogen) atoms. The molecule has 0 radical (unpaired) electrons. The second-order valence-electron chi connectivity index (χ2n) is 3.53. The predicted molar refractivity (Wildman–Crippen MR) is 61.6 cm³/mol. The molecule has 2 N–H and O–H groups in total. The normalized spacial score (nSPS) is 10.3. The fourth-order valence-electron chi connectivity index (χ4n) is 1.47. The van der Waals surface area contributed by atoms with Crippen molar-refractivity contribution in [2.75, 3.05) is 11.9 Å². The van der Waals surface area contributed by atoms with E-state index in [-0.39, 0.29) is 11.4 Å². The molecule has 1 aromatic heterocycles. The number of nitro groups is 1. The Morgan fingerprint density at radius 3 is 3.00 bits per heavy atom. The molecule has 0 fully saturated rings. The number of aromatic nitrogens is 3. The standard InChI is InChI=1S/C10H10FN5O2/c11-7-1-2-8(9(5-7)16(17)18)12-4-3-10-13-6-14-15-10/h1-2,5-6,12H,3-4H2,(H,13,14,15). The predicted octanol–water partition coefficient (Wildman–Crippen LogP) is 1.51. The van der Waals surface area contributed by atoms with E-state index >= 15 is 0 Å². The molecular weight excluding hydrogens is 241 g/mol. The Balaban J connectivity index is 2.02. The lowest BCUT2D eigenvalue weighted by atomic mass is 10.2. The van der Waals surface area contributed by atoms with E-state index < -0.39 is 10.7 Å². The summed E-state index contributed by atoms with van der Waals surface area (Å²) in [5, 5.41) is 20.0. The molecule has 0 spiro atoms. The Morgan fingerprint density at radius 2 is 2.33 bits per heavy atom. The summed E-state index contributed by atoms with van der Waals surface area (Å²) < 4.78 is 12.9. The highest BCUT2D eigenvalue weighted by Gasteiger charge is 2.14. The van der Waals surface area contributed by atoms with Crippen LogP contribution in [-0.4, -0.2) is 26.6 Å². The largest absolute Gasteiger partial charge is 0.379 e. The number of aromatic amines is 1. The van der Waals surface area contributed by atoms with Crippen LogP contribution in [-0.2, 0) is 6.42 Å². The van der Waals surface area contributed by atoms with Crippen molar-refractivity contribution in [3.05, 3.63) is 46.3 Å². The summed E-state index contributed by atoms with van der Waals surface area (Å²) in [5.74, 6) is 0.0368. The smallest absolute Gasteiger partial charge is 0.295 e. The van der Waals surface area contributed by atoms with Gasteiger partial charge in [-0.05, 0) is 12.1 Å². The van der Waals surface area contributed by atoms with Gasteiger partial charge in [0.05, 0.1) is 11.0 Å². The first-order chi connectivity index (χ1) is 8.66. The van der Waals surface area contributed by atoms with Crippen LogP contribution in [0.3, 0.4) is 0 Å². The van der Waals surface area contributed by atoms with Crippen molar-refractivity contribution in [3.63, 3.8) is 0 Å². The average molecular weight is 251 g/mol. The maximum atomic E-state index is 12.9. The molecule has 0 aliphatic rings. The van der Waals surface area contributed by atoms with E-state index in [9.17, 15) is 14.5 Å². The summed E-state index contributed by atoms with van der Waals surface area (Å²) >= 11 is 0. The summed E-state index contributed by atoms with van der Waals surface area (Å²) in [4.78, 5) is 14.0. The lowest BCUT2D eigenvalue weighted by Gasteiger charge is -2.05. The highest BCUT2D eigenvalue weighted by Crippen LogP contribution is 2.24. The summed E-state index contributed by atoms with van der Waals surface area (Å²) in [6.07, 6.45) is 1.92. The van der Waals surface area contributed by atoms with Crippen LogP contribution in [0.5, 0.6) is 0 Å². The van der Waals surface area contributed by atoms with Crippen molar-refractivity contribution in [3.8, 4) is 0 Å². The van der Waals surface area contributed by atoms with E-state index in [0.717, 1.165) is 6.07 Å². The molecule has 2 aromatic rings. The number of halogens is 1. The minimum absolute atomic E-state index is 0.279. The average Bonchev–Trinajstić information content (AvgIpc) is 2.84. The van der Waals surface area contributed by atoms with Crippen LogP contribution >= 0.6 is 0 Å². The van der Waals surface area contributed by atoms with E-state index in [2.05, 4.69) is 20.5 Å². The molecule has 0 unspecified atom stereocenters. The molecule has 2 rings (SSSR count). The third kappa shape index (κ3) is 2.78. The molecule has 0 saturated heterocycles. The van der Waals surface area contributed by atoms with Crippen molar-refractivity contribution in [2.24, 2.45) is 0 Å². The maximum Gasteiger partial charge on any atom is 0.295 e. The molecular formula is C10H10FN5O2. The Hall–Kier alpha value is -2.51. The number of hydrogen-bond acceptors (Lipinski definition) is 5. The fourth-order valence-corrected chi connectivity index (χ4v) is 1.47. The van der Waals surface area contributed by atoms with Gasteiger partial charge in [-0.2, -0.15) is 5.10 Å². The molecule has 0 saturated carbocycles. The number of anilines is 1. The van der Waals surface area contributed by atoms with Gasteiger partial charge in [0.25, 0.3) is 5.69 Å². The summed E-state index contributed by atoms with van der Waals surface area (Å²) in [7, 11) is 0. The second kappa shape index (κ2) is 5.21. The van der Waals surface area contributed by atoms with Crippen LogP contribution in [0.1, 0.15) is 5.82 Å². The molecule has 7 nitrogen and oxygen atoms in total. The maximum absolute atomic E-state index is 12.9. The molecule has 1 heterocycles. The summed E-state index contributed by atoms with van der Waals surface area (Å²) in [6, 6.07) is 3.40. The first-order valence-corrected chi connectivity index (χ1v) is 5.19. The quantitative estimate of drug-likeness (QED) is 0.620. The number of H-pyrrole nitrogens is 1. The first-order valence-electron chi connectivity index (χ1n) is 5.19. The number of nitro benzene ring substituents is 1. The van der Waals surface area contributed by atoms with Crippen LogP contribution in [0, 0.1) is 15.9 Å². The lowest BCUT2D eigenvalue weighted by molar-refractivity contribution is -0.384. The minimum atomic E-state index is -0.637. The van der Waals surface area contributed by atoms with Gasteiger partial charge in [0.2, 0.25) is 0 Å². The van der Waals surface area contributed by atoms with Crippen LogP contribution in [0.25, 0.3) is 0 Å². The van der Waals surface area contributed by atoms with Gasteiger partial charge in [-0.25, -0.2) is 9.37 Å². The summed E-state index contributed by atoms with van der Waals surface area (Å²) in [6.45, 7) is 0.432. The second-order valence-corrected chi connectivity index (χ2v) is 3.53. The minimum Gasteiger partial charge on any atom is -0.379 e. The van der Waals surface area contributed by atoms with Gasteiger partial charge in [0.1, 0.15) is 23.7 Å². The molecule has 0 atom stereocenters. The SMILES string of the molecule is O=[N+]([O-])c1cc(F)ccc1NCCc1ncn[nH]1. The fraction of sp³-hybridized carbons (Fsp3) is 0.200. The number of nitrogens with zero attached hydrogens (tertiary/aromatic N) is 3. The third-order valence-corrected chi connectivity index (χ3v) is 2.30. The van der Waals surface area contributed by atoms with Crippen molar-refractivity contribution >= 4 is 11.4 Å². The Kier molecular flexibility index (Phi) is 3.46. The number of benzene rings is 1. The van der Waals surface area contributed by atoms with Crippen molar-refractivity contribution in [1.82, 2.24) is 15.2 Å². The van der Waals surface area contributed by atoms with Gasteiger partial charge >= 0.3 is 0 Å². The number of rotatable bonds is 5.